The third kappa shape index (κ3) is 3.71. The summed E-state index contributed by atoms with van der Waals surface area (Å²) in [6.07, 6.45) is 3.75. The first kappa shape index (κ1) is 17.0. The molecule has 120 valence electrons. The van der Waals surface area contributed by atoms with Gasteiger partial charge in [-0.2, -0.15) is 0 Å². The molecular formula is C18H24ClNO2. The summed E-state index contributed by atoms with van der Waals surface area (Å²) in [7, 11) is 0. The normalized spacial score (nSPS) is 18.7. The van der Waals surface area contributed by atoms with Crippen molar-refractivity contribution in [2.75, 3.05) is 13.1 Å². The highest BCUT2D eigenvalue weighted by molar-refractivity contribution is 6.30. The van der Waals surface area contributed by atoms with E-state index >= 15 is 0 Å². The van der Waals surface area contributed by atoms with E-state index in [1.807, 2.05) is 39.0 Å². The van der Waals surface area contributed by atoms with Gasteiger partial charge in [0.05, 0.1) is 5.41 Å². The van der Waals surface area contributed by atoms with E-state index in [2.05, 4.69) is 18.7 Å². The minimum Gasteiger partial charge on any atom is -0.367 e. The standard InChI is InChI=1S/C18H24ClNO2/c1-5-18(14-6-8-15(19)9-7-14)10-12-20(13-11-18)22-16(21)17(2,3)4/h5-9H,1,10-13H2,2-4H3. The van der Waals surface area contributed by atoms with Crippen LogP contribution in [0.3, 0.4) is 0 Å². The van der Waals surface area contributed by atoms with Gasteiger partial charge in [-0.3, -0.25) is 0 Å². The van der Waals surface area contributed by atoms with Gasteiger partial charge in [0.25, 0.3) is 0 Å². The Morgan fingerprint density at radius 3 is 2.27 bits per heavy atom. The van der Waals surface area contributed by atoms with Gasteiger partial charge in [-0.1, -0.05) is 29.8 Å². The maximum Gasteiger partial charge on any atom is 0.330 e. The molecule has 1 heterocycles. The number of hydrogen-bond acceptors (Lipinski definition) is 3. The molecule has 1 fully saturated rings. The molecule has 2 rings (SSSR count). The lowest BCUT2D eigenvalue weighted by Crippen LogP contribution is -2.43. The van der Waals surface area contributed by atoms with Crippen molar-refractivity contribution in [1.29, 1.82) is 0 Å². The molecule has 1 aliphatic rings. The Labute approximate surface area is 137 Å². The molecule has 1 aromatic rings. The lowest BCUT2D eigenvalue weighted by molar-refractivity contribution is -0.206. The van der Waals surface area contributed by atoms with E-state index in [0.29, 0.717) is 13.1 Å². The molecule has 1 aromatic carbocycles. The summed E-state index contributed by atoms with van der Waals surface area (Å²) in [5.74, 6) is -0.190. The molecule has 0 N–H and O–H groups in total. The van der Waals surface area contributed by atoms with Crippen molar-refractivity contribution >= 4 is 17.6 Å². The zero-order chi connectivity index (χ0) is 16.4. The molecule has 4 heteroatoms. The van der Waals surface area contributed by atoms with E-state index in [1.165, 1.54) is 5.56 Å². The van der Waals surface area contributed by atoms with E-state index in [1.54, 1.807) is 5.06 Å². The minimum atomic E-state index is -0.483. The van der Waals surface area contributed by atoms with Crippen LogP contribution in [0.1, 0.15) is 39.2 Å². The average Bonchev–Trinajstić information content (AvgIpc) is 2.48. The Morgan fingerprint density at radius 1 is 1.27 bits per heavy atom. The summed E-state index contributed by atoms with van der Waals surface area (Å²) in [5, 5.41) is 2.50. The van der Waals surface area contributed by atoms with Crippen LogP contribution >= 0.6 is 11.6 Å². The molecule has 0 saturated carbocycles. The summed E-state index contributed by atoms with van der Waals surface area (Å²) in [6.45, 7) is 11.0. The topological polar surface area (TPSA) is 29.5 Å². The first-order valence-corrected chi connectivity index (χ1v) is 8.02. The molecule has 0 aliphatic carbocycles. The van der Waals surface area contributed by atoms with Crippen LogP contribution < -0.4 is 0 Å². The molecule has 0 amide bonds. The molecule has 22 heavy (non-hydrogen) atoms. The lowest BCUT2D eigenvalue weighted by atomic mass is 9.73. The molecule has 0 spiro atoms. The number of rotatable bonds is 3. The second-order valence-corrected chi connectivity index (χ2v) is 7.36. The maximum atomic E-state index is 12.0. The van der Waals surface area contributed by atoms with Crippen molar-refractivity contribution in [2.45, 2.75) is 39.0 Å². The van der Waals surface area contributed by atoms with Gasteiger partial charge in [0.2, 0.25) is 0 Å². The monoisotopic (exact) mass is 321 g/mol. The zero-order valence-corrected chi connectivity index (χ0v) is 14.3. The molecule has 0 bridgehead atoms. The van der Waals surface area contributed by atoms with Crippen LogP contribution in [0, 0.1) is 5.41 Å². The van der Waals surface area contributed by atoms with Gasteiger partial charge in [0.15, 0.2) is 0 Å². The summed E-state index contributed by atoms with van der Waals surface area (Å²) < 4.78 is 0. The number of piperidine rings is 1. The van der Waals surface area contributed by atoms with E-state index in [9.17, 15) is 4.79 Å². The Hall–Kier alpha value is -1.32. The van der Waals surface area contributed by atoms with E-state index in [4.69, 9.17) is 16.4 Å². The van der Waals surface area contributed by atoms with Crippen molar-refractivity contribution in [2.24, 2.45) is 5.41 Å². The van der Waals surface area contributed by atoms with Gasteiger partial charge in [0, 0.05) is 23.5 Å². The third-order valence-electron chi connectivity index (χ3n) is 4.25. The molecular weight excluding hydrogens is 298 g/mol. The number of carbonyl (C=O) groups excluding carboxylic acids is 1. The predicted octanol–water partition coefficient (Wildman–Crippen LogP) is 4.36. The smallest absolute Gasteiger partial charge is 0.330 e. The fraction of sp³-hybridized carbons (Fsp3) is 0.500. The molecule has 0 aromatic heterocycles. The van der Waals surface area contributed by atoms with E-state index in [0.717, 1.165) is 17.9 Å². The van der Waals surface area contributed by atoms with Crippen LogP contribution in [0.2, 0.25) is 5.02 Å². The van der Waals surface area contributed by atoms with Gasteiger partial charge in [-0.25, -0.2) is 4.79 Å². The van der Waals surface area contributed by atoms with Crippen LogP contribution in [-0.2, 0) is 15.0 Å². The van der Waals surface area contributed by atoms with Crippen molar-refractivity contribution in [1.82, 2.24) is 5.06 Å². The molecule has 3 nitrogen and oxygen atoms in total. The summed E-state index contributed by atoms with van der Waals surface area (Å²) in [6, 6.07) is 7.93. The summed E-state index contributed by atoms with van der Waals surface area (Å²) in [4.78, 5) is 17.5. The second-order valence-electron chi connectivity index (χ2n) is 6.92. The number of hydrogen-bond donors (Lipinski definition) is 0. The van der Waals surface area contributed by atoms with Gasteiger partial charge < -0.3 is 4.84 Å². The Kier molecular flexibility index (Phi) is 4.98. The maximum absolute atomic E-state index is 12.0. The van der Waals surface area contributed by atoms with E-state index in [-0.39, 0.29) is 11.4 Å². The van der Waals surface area contributed by atoms with E-state index < -0.39 is 5.41 Å². The van der Waals surface area contributed by atoms with Gasteiger partial charge in [0.1, 0.15) is 0 Å². The number of halogens is 1. The summed E-state index contributed by atoms with van der Waals surface area (Å²) >= 11 is 5.97. The van der Waals surface area contributed by atoms with Crippen LogP contribution in [0.5, 0.6) is 0 Å². The predicted molar refractivity (Wildman–Crippen MR) is 89.7 cm³/mol. The second kappa shape index (κ2) is 6.43. The molecule has 1 saturated heterocycles. The zero-order valence-electron chi connectivity index (χ0n) is 13.6. The van der Waals surface area contributed by atoms with Crippen LogP contribution in [0.15, 0.2) is 36.9 Å². The number of allylic oxidation sites excluding steroid dienone is 1. The number of nitrogens with zero attached hydrogens (tertiary/aromatic N) is 1. The average molecular weight is 322 g/mol. The highest BCUT2D eigenvalue weighted by atomic mass is 35.5. The first-order chi connectivity index (χ1) is 10.3. The van der Waals surface area contributed by atoms with Crippen LogP contribution in [0.25, 0.3) is 0 Å². The number of hydroxylamine groups is 2. The molecule has 1 aliphatic heterocycles. The molecule has 0 atom stereocenters. The Morgan fingerprint density at radius 2 is 1.82 bits per heavy atom. The van der Waals surface area contributed by atoms with Gasteiger partial charge in [-0.15, -0.1) is 11.6 Å². The van der Waals surface area contributed by atoms with Crippen molar-refractivity contribution in [3.63, 3.8) is 0 Å². The fourth-order valence-corrected chi connectivity index (χ4v) is 2.75. The largest absolute Gasteiger partial charge is 0.367 e. The van der Waals surface area contributed by atoms with Crippen molar-refractivity contribution in [3.05, 3.63) is 47.5 Å². The fourth-order valence-electron chi connectivity index (χ4n) is 2.62. The summed E-state index contributed by atoms with van der Waals surface area (Å²) in [5.41, 5.74) is 0.659. The van der Waals surface area contributed by atoms with Crippen molar-refractivity contribution in [3.8, 4) is 0 Å². The molecule has 0 radical (unpaired) electrons. The molecule has 0 unspecified atom stereocenters. The highest BCUT2D eigenvalue weighted by Crippen LogP contribution is 2.37. The van der Waals surface area contributed by atoms with Crippen LogP contribution in [-0.4, -0.2) is 24.1 Å². The lowest BCUT2D eigenvalue weighted by Gasteiger charge is -2.39. The number of carbonyl (C=O) groups is 1. The van der Waals surface area contributed by atoms with Crippen LogP contribution in [0.4, 0.5) is 0 Å². The minimum absolute atomic E-state index is 0.0742. The number of benzene rings is 1. The van der Waals surface area contributed by atoms with Gasteiger partial charge >= 0.3 is 5.97 Å². The Bertz CT molecular complexity index is 537. The third-order valence-corrected chi connectivity index (χ3v) is 4.50. The van der Waals surface area contributed by atoms with Crippen molar-refractivity contribution < 1.29 is 9.63 Å². The SMILES string of the molecule is C=CC1(c2ccc(Cl)cc2)CCN(OC(=O)C(C)(C)C)CC1. The first-order valence-electron chi connectivity index (χ1n) is 7.64. The van der Waals surface area contributed by atoms with Gasteiger partial charge in [-0.05, 0) is 51.3 Å². The highest BCUT2D eigenvalue weighted by Gasteiger charge is 2.36. The quantitative estimate of drug-likeness (QED) is 0.774. The Balaban J connectivity index is 2.04.